The van der Waals surface area contributed by atoms with Gasteiger partial charge in [-0.2, -0.15) is 0 Å². The smallest absolute Gasteiger partial charge is 0.300 e. The highest BCUT2D eigenvalue weighted by Gasteiger charge is 2.47. The number of rotatable bonds is 4. The summed E-state index contributed by atoms with van der Waals surface area (Å²) in [6.45, 7) is 2.01. The molecule has 1 aliphatic heterocycles. The standard InChI is InChI=1S/C25H18Cl2FNO3/c1-2-14-3-5-15(6-4-14)23(30)21-22(16-7-12-19(26)20(27)13-16)29(25(32)24(21)31)18-10-8-17(28)9-11-18/h3-13,22,30H,2H2,1H3/b23-21-. The minimum Gasteiger partial charge on any atom is -0.507 e. The molecule has 32 heavy (non-hydrogen) atoms. The molecule has 1 aliphatic rings. The van der Waals surface area contributed by atoms with Gasteiger partial charge in [0.1, 0.15) is 11.6 Å². The average Bonchev–Trinajstić information content (AvgIpc) is 3.06. The number of anilines is 1. The van der Waals surface area contributed by atoms with Gasteiger partial charge in [0.05, 0.1) is 21.7 Å². The third-order valence-electron chi connectivity index (χ3n) is 5.44. The fourth-order valence-corrected chi connectivity index (χ4v) is 4.06. The Morgan fingerprint density at radius 3 is 2.22 bits per heavy atom. The largest absolute Gasteiger partial charge is 0.507 e. The lowest BCUT2D eigenvalue weighted by Gasteiger charge is -2.25. The van der Waals surface area contributed by atoms with E-state index in [2.05, 4.69) is 0 Å². The van der Waals surface area contributed by atoms with Crippen LogP contribution in [0, 0.1) is 5.82 Å². The van der Waals surface area contributed by atoms with Crippen molar-refractivity contribution in [3.8, 4) is 0 Å². The molecule has 3 aromatic rings. The topological polar surface area (TPSA) is 57.6 Å². The molecule has 0 saturated carbocycles. The second kappa shape index (κ2) is 8.77. The van der Waals surface area contributed by atoms with E-state index in [0.29, 0.717) is 21.8 Å². The van der Waals surface area contributed by atoms with Crippen molar-refractivity contribution in [1.29, 1.82) is 0 Å². The number of carbonyl (C=O) groups is 2. The van der Waals surface area contributed by atoms with Gasteiger partial charge in [-0.05, 0) is 53.9 Å². The fourth-order valence-electron chi connectivity index (χ4n) is 3.75. The first-order valence-electron chi connectivity index (χ1n) is 9.92. The zero-order chi connectivity index (χ0) is 23.0. The van der Waals surface area contributed by atoms with Crippen LogP contribution < -0.4 is 4.90 Å². The van der Waals surface area contributed by atoms with Gasteiger partial charge in [-0.3, -0.25) is 14.5 Å². The molecule has 0 aliphatic carbocycles. The predicted molar refractivity (Wildman–Crippen MR) is 123 cm³/mol. The zero-order valence-electron chi connectivity index (χ0n) is 17.0. The third-order valence-corrected chi connectivity index (χ3v) is 6.18. The summed E-state index contributed by atoms with van der Waals surface area (Å²) in [5.41, 5.74) is 2.18. The number of carbonyl (C=O) groups excluding carboxylic acids is 2. The molecule has 1 N–H and O–H groups in total. The molecular formula is C25H18Cl2FNO3. The van der Waals surface area contributed by atoms with Gasteiger partial charge in [0.2, 0.25) is 0 Å². The van der Waals surface area contributed by atoms with Crippen molar-refractivity contribution in [1.82, 2.24) is 0 Å². The molecule has 162 valence electrons. The molecule has 1 fully saturated rings. The molecule has 1 unspecified atom stereocenters. The average molecular weight is 470 g/mol. The highest BCUT2D eigenvalue weighted by molar-refractivity contribution is 6.51. The molecule has 0 bridgehead atoms. The highest BCUT2D eigenvalue weighted by Crippen LogP contribution is 2.43. The van der Waals surface area contributed by atoms with Crippen LogP contribution in [0.4, 0.5) is 10.1 Å². The monoisotopic (exact) mass is 469 g/mol. The van der Waals surface area contributed by atoms with Gasteiger partial charge in [-0.15, -0.1) is 0 Å². The zero-order valence-corrected chi connectivity index (χ0v) is 18.5. The third kappa shape index (κ3) is 3.90. The second-order valence-electron chi connectivity index (χ2n) is 7.37. The molecule has 0 spiro atoms. The normalized spacial score (nSPS) is 17.8. The Bertz CT molecular complexity index is 1240. The molecule has 3 aromatic carbocycles. The van der Waals surface area contributed by atoms with Gasteiger partial charge >= 0.3 is 0 Å². The van der Waals surface area contributed by atoms with Crippen LogP contribution in [0.15, 0.2) is 72.3 Å². The predicted octanol–water partition coefficient (Wildman–Crippen LogP) is 6.32. The van der Waals surface area contributed by atoms with Crippen molar-refractivity contribution in [3.05, 3.63) is 105 Å². The molecule has 1 amide bonds. The van der Waals surface area contributed by atoms with Crippen LogP contribution in [0.1, 0.15) is 29.7 Å². The lowest BCUT2D eigenvalue weighted by molar-refractivity contribution is -0.132. The number of amides is 1. The van der Waals surface area contributed by atoms with Crippen LogP contribution in [0.5, 0.6) is 0 Å². The number of nitrogens with zero attached hydrogens (tertiary/aromatic N) is 1. The SMILES string of the molecule is CCc1ccc(/C(O)=C2/C(=O)C(=O)N(c3ccc(F)cc3)C2c2ccc(Cl)c(Cl)c2)cc1. The maximum absolute atomic E-state index is 13.5. The van der Waals surface area contributed by atoms with Crippen LogP contribution in [-0.4, -0.2) is 16.8 Å². The highest BCUT2D eigenvalue weighted by atomic mass is 35.5. The lowest BCUT2D eigenvalue weighted by Crippen LogP contribution is -2.29. The molecule has 1 heterocycles. The molecule has 4 nitrogen and oxygen atoms in total. The van der Waals surface area contributed by atoms with Gasteiger partial charge < -0.3 is 5.11 Å². The van der Waals surface area contributed by atoms with Crippen molar-refractivity contribution in [3.63, 3.8) is 0 Å². The van der Waals surface area contributed by atoms with Crippen LogP contribution in [0.3, 0.4) is 0 Å². The Kier molecular flexibility index (Phi) is 6.04. The van der Waals surface area contributed by atoms with Crippen LogP contribution in [0.2, 0.25) is 10.0 Å². The first-order valence-corrected chi connectivity index (χ1v) is 10.7. The van der Waals surface area contributed by atoms with Crippen molar-refractivity contribution in [2.45, 2.75) is 19.4 Å². The number of halogens is 3. The van der Waals surface area contributed by atoms with Crippen LogP contribution >= 0.6 is 23.2 Å². The summed E-state index contributed by atoms with van der Waals surface area (Å²) >= 11 is 12.3. The van der Waals surface area contributed by atoms with E-state index in [0.717, 1.165) is 12.0 Å². The molecular weight excluding hydrogens is 452 g/mol. The molecule has 4 rings (SSSR count). The van der Waals surface area contributed by atoms with Gasteiger partial charge in [0, 0.05) is 11.3 Å². The Hall–Kier alpha value is -3.15. The number of hydrogen-bond acceptors (Lipinski definition) is 3. The molecule has 1 saturated heterocycles. The number of aliphatic hydroxyl groups excluding tert-OH is 1. The molecule has 0 aromatic heterocycles. The quantitative estimate of drug-likeness (QED) is 0.276. The van der Waals surface area contributed by atoms with Crippen molar-refractivity contribution in [2.24, 2.45) is 0 Å². The van der Waals surface area contributed by atoms with Crippen LogP contribution in [0.25, 0.3) is 5.76 Å². The van der Waals surface area contributed by atoms with Gasteiger partial charge in [0.25, 0.3) is 11.7 Å². The lowest BCUT2D eigenvalue weighted by atomic mass is 9.94. The first kappa shape index (κ1) is 22.1. The van der Waals surface area contributed by atoms with E-state index in [-0.39, 0.29) is 16.4 Å². The number of Topliss-reactive ketones (excluding diaryl/α,β-unsaturated/α-hetero) is 1. The Balaban J connectivity index is 1.93. The minimum atomic E-state index is -0.971. The van der Waals surface area contributed by atoms with Gasteiger partial charge in [-0.1, -0.05) is 60.5 Å². The van der Waals surface area contributed by atoms with E-state index < -0.39 is 23.5 Å². The number of benzene rings is 3. The summed E-state index contributed by atoms with van der Waals surface area (Å²) in [6, 6.07) is 16.1. The van der Waals surface area contributed by atoms with E-state index in [1.54, 1.807) is 30.3 Å². The van der Waals surface area contributed by atoms with Crippen molar-refractivity contribution in [2.75, 3.05) is 4.90 Å². The number of aryl methyl sites for hydroxylation is 1. The number of hydrogen-bond donors (Lipinski definition) is 1. The summed E-state index contributed by atoms with van der Waals surface area (Å²) in [7, 11) is 0. The number of aliphatic hydroxyl groups is 1. The van der Waals surface area contributed by atoms with E-state index in [9.17, 15) is 19.1 Å². The van der Waals surface area contributed by atoms with E-state index in [1.165, 1.54) is 29.2 Å². The molecule has 7 heteroatoms. The Morgan fingerprint density at radius 2 is 1.62 bits per heavy atom. The maximum Gasteiger partial charge on any atom is 0.300 e. The minimum absolute atomic E-state index is 0.0815. The second-order valence-corrected chi connectivity index (χ2v) is 8.18. The summed E-state index contributed by atoms with van der Waals surface area (Å²) in [5, 5.41) is 11.6. The fraction of sp³-hybridized carbons (Fsp3) is 0.120. The number of ketones is 1. The summed E-state index contributed by atoms with van der Waals surface area (Å²) in [5.74, 6) is -2.46. The Morgan fingerprint density at radius 1 is 0.969 bits per heavy atom. The van der Waals surface area contributed by atoms with Gasteiger partial charge in [0.15, 0.2) is 0 Å². The first-order chi connectivity index (χ1) is 15.3. The van der Waals surface area contributed by atoms with Crippen molar-refractivity contribution >= 4 is 46.3 Å². The van der Waals surface area contributed by atoms with Crippen molar-refractivity contribution < 1.29 is 19.1 Å². The summed E-state index contributed by atoms with van der Waals surface area (Å²) in [6.07, 6.45) is 0.819. The van der Waals surface area contributed by atoms with Crippen LogP contribution in [-0.2, 0) is 16.0 Å². The van der Waals surface area contributed by atoms with E-state index in [4.69, 9.17) is 23.2 Å². The van der Waals surface area contributed by atoms with Gasteiger partial charge in [-0.25, -0.2) is 4.39 Å². The van der Waals surface area contributed by atoms with E-state index >= 15 is 0 Å². The summed E-state index contributed by atoms with van der Waals surface area (Å²) in [4.78, 5) is 27.4. The Labute approximate surface area is 194 Å². The summed E-state index contributed by atoms with van der Waals surface area (Å²) < 4.78 is 13.5. The van der Waals surface area contributed by atoms with E-state index in [1.807, 2.05) is 19.1 Å². The molecule has 0 radical (unpaired) electrons. The molecule has 1 atom stereocenters. The maximum atomic E-state index is 13.5.